The maximum absolute atomic E-state index is 5.74. The van der Waals surface area contributed by atoms with Crippen LogP contribution in [0.4, 0.5) is 5.69 Å². The Hall–Kier alpha value is -1.22. The molecule has 0 bridgehead atoms. The van der Waals surface area contributed by atoms with Crippen LogP contribution >= 0.6 is 11.6 Å². The van der Waals surface area contributed by atoms with E-state index in [0.29, 0.717) is 5.15 Å². The zero-order chi connectivity index (χ0) is 8.39. The molecule has 0 unspecified atom stereocenters. The highest BCUT2D eigenvalue weighted by Crippen LogP contribution is 2.17. The van der Waals surface area contributed by atoms with Crippen LogP contribution in [0.5, 0.6) is 0 Å². The van der Waals surface area contributed by atoms with Gasteiger partial charge in [-0.3, -0.25) is 0 Å². The second-order valence-corrected chi connectivity index (χ2v) is 2.87. The first-order valence-electron chi connectivity index (χ1n) is 3.64. The van der Waals surface area contributed by atoms with Crippen LogP contribution in [0, 0.1) is 0 Å². The third kappa shape index (κ3) is 1.36. The molecular weight excluding hydrogens is 174 g/mol. The first kappa shape index (κ1) is 7.43. The standard InChI is InChI=1S/C8H8ClN3/c9-8-5-7(1-2-11-8)12-4-3-10-6-12/h1-5,10H,6H2. The van der Waals surface area contributed by atoms with Gasteiger partial charge < -0.3 is 10.2 Å². The predicted octanol–water partition coefficient (Wildman–Crippen LogP) is 1.57. The summed E-state index contributed by atoms with van der Waals surface area (Å²) in [4.78, 5) is 5.95. The van der Waals surface area contributed by atoms with Crippen LogP contribution in [0.2, 0.25) is 5.15 Å². The molecule has 62 valence electrons. The lowest BCUT2D eigenvalue weighted by atomic mass is 10.4. The number of rotatable bonds is 1. The fourth-order valence-electron chi connectivity index (χ4n) is 1.09. The molecule has 0 saturated carbocycles. The van der Waals surface area contributed by atoms with Crippen LogP contribution in [-0.2, 0) is 0 Å². The van der Waals surface area contributed by atoms with E-state index in [1.807, 2.05) is 29.4 Å². The lowest BCUT2D eigenvalue weighted by Gasteiger charge is -2.14. The number of hydrogen-bond donors (Lipinski definition) is 1. The molecule has 1 aliphatic heterocycles. The molecule has 1 aromatic rings. The lowest BCUT2D eigenvalue weighted by Crippen LogP contribution is -2.19. The highest BCUT2D eigenvalue weighted by molar-refractivity contribution is 6.29. The van der Waals surface area contributed by atoms with Gasteiger partial charge in [0.15, 0.2) is 0 Å². The molecule has 1 aromatic heterocycles. The molecule has 0 saturated heterocycles. The fourth-order valence-corrected chi connectivity index (χ4v) is 1.26. The molecule has 0 spiro atoms. The Kier molecular flexibility index (Phi) is 1.87. The molecule has 0 amide bonds. The number of aromatic nitrogens is 1. The van der Waals surface area contributed by atoms with Crippen molar-refractivity contribution in [2.75, 3.05) is 11.6 Å². The Labute approximate surface area is 75.7 Å². The largest absolute Gasteiger partial charge is 0.372 e. The smallest absolute Gasteiger partial charge is 0.131 e. The Balaban J connectivity index is 2.27. The minimum Gasteiger partial charge on any atom is -0.372 e. The van der Waals surface area contributed by atoms with Crippen molar-refractivity contribution in [3.8, 4) is 0 Å². The quantitative estimate of drug-likeness (QED) is 0.667. The minimum absolute atomic E-state index is 0.521. The molecule has 0 radical (unpaired) electrons. The van der Waals surface area contributed by atoms with Crippen molar-refractivity contribution < 1.29 is 0 Å². The van der Waals surface area contributed by atoms with E-state index >= 15 is 0 Å². The molecule has 1 aliphatic rings. The van der Waals surface area contributed by atoms with Gasteiger partial charge >= 0.3 is 0 Å². The van der Waals surface area contributed by atoms with Crippen molar-refractivity contribution in [1.29, 1.82) is 0 Å². The maximum Gasteiger partial charge on any atom is 0.131 e. The minimum atomic E-state index is 0.521. The molecule has 3 nitrogen and oxygen atoms in total. The van der Waals surface area contributed by atoms with Gasteiger partial charge in [-0.05, 0) is 12.1 Å². The monoisotopic (exact) mass is 181 g/mol. The number of nitrogens with one attached hydrogen (secondary N) is 1. The Morgan fingerprint density at radius 1 is 1.58 bits per heavy atom. The number of pyridine rings is 1. The molecule has 0 aromatic carbocycles. The first-order valence-corrected chi connectivity index (χ1v) is 4.02. The van der Waals surface area contributed by atoms with Crippen molar-refractivity contribution in [3.05, 3.63) is 35.9 Å². The fraction of sp³-hybridized carbons (Fsp3) is 0.125. The Morgan fingerprint density at radius 3 is 3.17 bits per heavy atom. The zero-order valence-electron chi connectivity index (χ0n) is 6.37. The Bertz CT molecular complexity index is 311. The predicted molar refractivity (Wildman–Crippen MR) is 48.9 cm³/mol. The second-order valence-electron chi connectivity index (χ2n) is 2.48. The lowest BCUT2D eigenvalue weighted by molar-refractivity contribution is 0.900. The van der Waals surface area contributed by atoms with Crippen LogP contribution in [-0.4, -0.2) is 11.7 Å². The van der Waals surface area contributed by atoms with Crippen molar-refractivity contribution in [1.82, 2.24) is 10.3 Å². The third-order valence-electron chi connectivity index (χ3n) is 1.68. The van der Waals surface area contributed by atoms with E-state index in [1.165, 1.54) is 0 Å². The summed E-state index contributed by atoms with van der Waals surface area (Å²) in [6, 6.07) is 3.75. The zero-order valence-corrected chi connectivity index (χ0v) is 7.12. The molecule has 2 heterocycles. The summed E-state index contributed by atoms with van der Waals surface area (Å²) in [6.07, 6.45) is 5.56. The SMILES string of the molecule is Clc1cc(N2C=CNC2)ccn1. The van der Waals surface area contributed by atoms with E-state index in [9.17, 15) is 0 Å². The molecule has 0 atom stereocenters. The molecule has 4 heteroatoms. The molecule has 12 heavy (non-hydrogen) atoms. The summed E-state index contributed by atoms with van der Waals surface area (Å²) < 4.78 is 0. The van der Waals surface area contributed by atoms with Crippen molar-refractivity contribution in [2.24, 2.45) is 0 Å². The van der Waals surface area contributed by atoms with Gasteiger partial charge in [-0.15, -0.1) is 0 Å². The number of anilines is 1. The van der Waals surface area contributed by atoms with E-state index in [-0.39, 0.29) is 0 Å². The number of halogens is 1. The highest BCUT2D eigenvalue weighted by Gasteiger charge is 2.05. The normalized spacial score (nSPS) is 14.9. The van der Waals surface area contributed by atoms with Gasteiger partial charge in [0.2, 0.25) is 0 Å². The van der Waals surface area contributed by atoms with Gasteiger partial charge in [0.05, 0.1) is 6.67 Å². The number of nitrogens with zero attached hydrogens (tertiary/aromatic N) is 2. The topological polar surface area (TPSA) is 28.2 Å². The van der Waals surface area contributed by atoms with Gasteiger partial charge in [0.25, 0.3) is 0 Å². The van der Waals surface area contributed by atoms with Gasteiger partial charge in [-0.25, -0.2) is 4.98 Å². The molecule has 1 N–H and O–H groups in total. The third-order valence-corrected chi connectivity index (χ3v) is 1.88. The van der Waals surface area contributed by atoms with Gasteiger partial charge in [0.1, 0.15) is 5.15 Å². The van der Waals surface area contributed by atoms with E-state index < -0.39 is 0 Å². The van der Waals surface area contributed by atoms with Gasteiger partial charge in [-0.1, -0.05) is 11.6 Å². The van der Waals surface area contributed by atoms with E-state index in [4.69, 9.17) is 11.6 Å². The average Bonchev–Trinajstić information content (AvgIpc) is 2.56. The first-order chi connectivity index (χ1) is 5.86. The van der Waals surface area contributed by atoms with E-state index in [2.05, 4.69) is 10.3 Å². The van der Waals surface area contributed by atoms with E-state index in [1.54, 1.807) is 6.20 Å². The van der Waals surface area contributed by atoms with Crippen molar-refractivity contribution in [3.63, 3.8) is 0 Å². The maximum atomic E-state index is 5.74. The molecule has 0 fully saturated rings. The Morgan fingerprint density at radius 2 is 2.50 bits per heavy atom. The van der Waals surface area contributed by atoms with Crippen LogP contribution < -0.4 is 10.2 Å². The van der Waals surface area contributed by atoms with Crippen LogP contribution in [0.15, 0.2) is 30.7 Å². The molecular formula is C8H8ClN3. The second kappa shape index (κ2) is 3.03. The van der Waals surface area contributed by atoms with Crippen LogP contribution in [0.3, 0.4) is 0 Å². The summed E-state index contributed by atoms with van der Waals surface area (Å²) in [5.41, 5.74) is 1.05. The summed E-state index contributed by atoms with van der Waals surface area (Å²) in [7, 11) is 0. The van der Waals surface area contributed by atoms with E-state index in [0.717, 1.165) is 12.4 Å². The van der Waals surface area contributed by atoms with Gasteiger partial charge in [-0.2, -0.15) is 0 Å². The molecule has 0 aliphatic carbocycles. The summed E-state index contributed by atoms with van der Waals surface area (Å²) in [5, 5.41) is 3.59. The summed E-state index contributed by atoms with van der Waals surface area (Å²) >= 11 is 5.74. The summed E-state index contributed by atoms with van der Waals surface area (Å²) in [6.45, 7) is 0.792. The van der Waals surface area contributed by atoms with Crippen LogP contribution in [0.25, 0.3) is 0 Å². The summed E-state index contributed by atoms with van der Waals surface area (Å²) in [5.74, 6) is 0. The van der Waals surface area contributed by atoms with Gasteiger partial charge in [0, 0.05) is 24.3 Å². The average molecular weight is 182 g/mol. The molecule has 2 rings (SSSR count). The highest BCUT2D eigenvalue weighted by atomic mass is 35.5. The van der Waals surface area contributed by atoms with Crippen LogP contribution in [0.1, 0.15) is 0 Å². The van der Waals surface area contributed by atoms with Crippen molar-refractivity contribution in [2.45, 2.75) is 0 Å². The van der Waals surface area contributed by atoms with Crippen molar-refractivity contribution >= 4 is 17.3 Å². The number of hydrogen-bond acceptors (Lipinski definition) is 3.